The maximum absolute atomic E-state index is 12.9. The predicted octanol–water partition coefficient (Wildman–Crippen LogP) is 3.95. The summed E-state index contributed by atoms with van der Waals surface area (Å²) in [7, 11) is 1.89. The van der Waals surface area contributed by atoms with Crippen molar-refractivity contribution in [3.8, 4) is 11.5 Å². The monoisotopic (exact) mass is 419 g/mol. The summed E-state index contributed by atoms with van der Waals surface area (Å²) in [5.74, 6) is 2.16. The van der Waals surface area contributed by atoms with Gasteiger partial charge in [-0.15, -0.1) is 0 Å². The van der Waals surface area contributed by atoms with Crippen LogP contribution in [0.5, 0.6) is 11.5 Å². The predicted molar refractivity (Wildman–Crippen MR) is 101 cm³/mol. The third-order valence-electron chi connectivity index (χ3n) is 4.61. The van der Waals surface area contributed by atoms with Crippen molar-refractivity contribution in [2.24, 2.45) is 0 Å². The molecule has 9 heteroatoms. The summed E-state index contributed by atoms with van der Waals surface area (Å²) in [6.45, 7) is 1.41. The molecule has 0 fully saturated rings. The molecule has 0 unspecified atom stereocenters. The first-order valence-electron chi connectivity index (χ1n) is 9.41. The molecule has 0 aliphatic carbocycles. The molecule has 1 aliphatic rings. The number of aromatic nitrogens is 2. The minimum absolute atomic E-state index is 0.141. The third-order valence-corrected chi connectivity index (χ3v) is 4.61. The second-order valence-electron chi connectivity index (χ2n) is 7.17. The minimum atomic E-state index is -4.38. The van der Waals surface area contributed by atoms with Crippen molar-refractivity contribution in [2.45, 2.75) is 25.2 Å². The zero-order chi connectivity index (χ0) is 21.1. The van der Waals surface area contributed by atoms with Gasteiger partial charge in [0.2, 0.25) is 5.89 Å². The highest BCUT2D eigenvalue weighted by molar-refractivity contribution is 5.40. The van der Waals surface area contributed by atoms with Gasteiger partial charge in [0.05, 0.1) is 12.1 Å². The molecule has 158 valence electrons. The first-order valence-corrected chi connectivity index (χ1v) is 9.41. The first-order chi connectivity index (χ1) is 14.4. The van der Waals surface area contributed by atoms with Crippen LogP contribution in [0.4, 0.5) is 13.2 Å². The molecule has 4 rings (SSSR count). The maximum Gasteiger partial charge on any atom is 0.416 e. The number of likely N-dealkylation sites (N-methyl/N-ethyl adjacent to an activating group) is 1. The fraction of sp³-hybridized carbons (Fsp3) is 0.333. The number of alkyl halides is 3. The summed E-state index contributed by atoms with van der Waals surface area (Å²) in [4.78, 5) is 6.26. The van der Waals surface area contributed by atoms with E-state index in [-0.39, 0.29) is 12.5 Å². The van der Waals surface area contributed by atoms with Crippen molar-refractivity contribution in [3.05, 3.63) is 71.4 Å². The Bertz CT molecular complexity index is 1010. The number of hydrogen-bond acceptors (Lipinski definition) is 6. The molecular formula is C21H20F3N3O3. The van der Waals surface area contributed by atoms with Crippen LogP contribution in [0.25, 0.3) is 0 Å². The molecule has 30 heavy (non-hydrogen) atoms. The highest BCUT2D eigenvalue weighted by Gasteiger charge is 2.30. The van der Waals surface area contributed by atoms with E-state index in [0.717, 1.165) is 17.9 Å². The first kappa shape index (κ1) is 20.2. The molecule has 6 nitrogen and oxygen atoms in total. The van der Waals surface area contributed by atoms with E-state index in [0.29, 0.717) is 42.7 Å². The van der Waals surface area contributed by atoms with E-state index in [2.05, 4.69) is 10.1 Å². The lowest BCUT2D eigenvalue weighted by atomic mass is 10.1. The Labute approximate surface area is 171 Å². The Morgan fingerprint density at radius 2 is 1.90 bits per heavy atom. The van der Waals surface area contributed by atoms with E-state index in [1.54, 1.807) is 6.07 Å². The Morgan fingerprint density at radius 3 is 2.70 bits per heavy atom. The summed E-state index contributed by atoms with van der Waals surface area (Å²) in [6, 6.07) is 12.6. The molecule has 0 spiro atoms. The quantitative estimate of drug-likeness (QED) is 0.603. The van der Waals surface area contributed by atoms with Gasteiger partial charge in [-0.3, -0.25) is 4.90 Å². The van der Waals surface area contributed by atoms with Gasteiger partial charge in [-0.2, -0.15) is 18.2 Å². The largest absolute Gasteiger partial charge is 0.486 e. The number of hydrogen-bond donors (Lipinski definition) is 0. The van der Waals surface area contributed by atoms with Crippen molar-refractivity contribution in [3.63, 3.8) is 0 Å². The maximum atomic E-state index is 12.9. The van der Waals surface area contributed by atoms with Crippen LogP contribution in [-0.4, -0.2) is 41.3 Å². The molecule has 0 saturated carbocycles. The van der Waals surface area contributed by atoms with Crippen molar-refractivity contribution in [2.75, 3.05) is 20.2 Å². The van der Waals surface area contributed by atoms with Gasteiger partial charge in [-0.25, -0.2) is 0 Å². The summed E-state index contributed by atoms with van der Waals surface area (Å²) in [5.41, 5.74) is -0.225. The van der Waals surface area contributed by atoms with Crippen LogP contribution in [0.1, 0.15) is 22.8 Å². The molecule has 0 saturated heterocycles. The van der Waals surface area contributed by atoms with Gasteiger partial charge >= 0.3 is 6.18 Å². The molecule has 0 radical (unpaired) electrons. The van der Waals surface area contributed by atoms with E-state index in [1.165, 1.54) is 6.07 Å². The normalized spacial score (nSPS) is 16.1. The second-order valence-corrected chi connectivity index (χ2v) is 7.17. The SMILES string of the molecule is CN(Cc1nc(Cc2cccc(C(F)(F)F)c2)no1)C[C@H]1COc2ccccc2O1. The molecule has 1 aromatic heterocycles. The Kier molecular flexibility index (Phi) is 5.63. The average molecular weight is 419 g/mol. The van der Waals surface area contributed by atoms with E-state index >= 15 is 0 Å². The van der Waals surface area contributed by atoms with Crippen LogP contribution >= 0.6 is 0 Å². The smallest absolute Gasteiger partial charge is 0.416 e. The fourth-order valence-corrected chi connectivity index (χ4v) is 3.26. The summed E-state index contributed by atoms with van der Waals surface area (Å²) in [5, 5.41) is 3.88. The number of nitrogens with zero attached hydrogens (tertiary/aromatic N) is 3. The van der Waals surface area contributed by atoms with Crippen LogP contribution in [-0.2, 0) is 19.1 Å². The molecular weight excluding hydrogens is 399 g/mol. The molecule has 0 bridgehead atoms. The molecule has 3 aromatic rings. The van der Waals surface area contributed by atoms with Crippen molar-refractivity contribution >= 4 is 0 Å². The summed E-state index contributed by atoms with van der Waals surface area (Å²) >= 11 is 0. The third kappa shape index (κ3) is 4.91. The summed E-state index contributed by atoms with van der Waals surface area (Å²) < 4.78 is 55.5. The molecule has 0 N–H and O–H groups in total. The lowest BCUT2D eigenvalue weighted by molar-refractivity contribution is -0.137. The average Bonchev–Trinajstić information content (AvgIpc) is 3.14. The van der Waals surface area contributed by atoms with E-state index in [4.69, 9.17) is 14.0 Å². The zero-order valence-electron chi connectivity index (χ0n) is 16.2. The van der Waals surface area contributed by atoms with Gasteiger partial charge in [0, 0.05) is 13.0 Å². The number of fused-ring (bicyclic) bond motifs is 1. The second kappa shape index (κ2) is 8.35. The zero-order valence-corrected chi connectivity index (χ0v) is 16.2. The van der Waals surface area contributed by atoms with Crippen LogP contribution in [0.3, 0.4) is 0 Å². The highest BCUT2D eigenvalue weighted by Crippen LogP contribution is 2.31. The Hall–Kier alpha value is -3.07. The van der Waals surface area contributed by atoms with Gasteiger partial charge in [-0.05, 0) is 30.8 Å². The van der Waals surface area contributed by atoms with Crippen LogP contribution < -0.4 is 9.47 Å². The number of para-hydroxylation sites is 2. The van der Waals surface area contributed by atoms with Gasteiger partial charge in [0.1, 0.15) is 12.7 Å². The Morgan fingerprint density at radius 1 is 1.10 bits per heavy atom. The number of rotatable bonds is 6. The number of halogens is 3. The van der Waals surface area contributed by atoms with E-state index < -0.39 is 11.7 Å². The molecule has 2 aromatic carbocycles. The molecule has 1 aliphatic heterocycles. The lowest BCUT2D eigenvalue weighted by Crippen LogP contribution is -2.39. The van der Waals surface area contributed by atoms with Crippen molar-refractivity contribution in [1.29, 1.82) is 0 Å². The minimum Gasteiger partial charge on any atom is -0.486 e. The van der Waals surface area contributed by atoms with Crippen LogP contribution in [0.2, 0.25) is 0 Å². The highest BCUT2D eigenvalue weighted by atomic mass is 19.4. The van der Waals surface area contributed by atoms with Crippen molar-refractivity contribution in [1.82, 2.24) is 15.0 Å². The van der Waals surface area contributed by atoms with Gasteiger partial charge in [0.15, 0.2) is 17.3 Å². The fourth-order valence-electron chi connectivity index (χ4n) is 3.26. The lowest BCUT2D eigenvalue weighted by Gasteiger charge is -2.29. The number of ether oxygens (including phenoxy) is 2. The van der Waals surface area contributed by atoms with Crippen molar-refractivity contribution < 1.29 is 27.2 Å². The van der Waals surface area contributed by atoms with E-state index in [1.807, 2.05) is 36.2 Å². The van der Waals surface area contributed by atoms with E-state index in [9.17, 15) is 13.2 Å². The Balaban J connectivity index is 1.32. The number of benzene rings is 2. The summed E-state index contributed by atoms with van der Waals surface area (Å²) in [6.07, 6.45) is -4.36. The van der Waals surface area contributed by atoms with Crippen LogP contribution in [0, 0.1) is 0 Å². The molecule has 2 heterocycles. The molecule has 0 amide bonds. The standard InChI is InChI=1S/C21H20F3N3O3/c1-27(11-16-13-28-17-7-2-3-8-18(17)29-16)12-20-25-19(26-30-20)10-14-5-4-6-15(9-14)21(22,23)24/h2-9,16H,10-13H2,1H3/t16-/m0/s1. The van der Waals surface area contributed by atoms with Crippen LogP contribution in [0.15, 0.2) is 53.1 Å². The van der Waals surface area contributed by atoms with Gasteiger partial charge < -0.3 is 14.0 Å². The topological polar surface area (TPSA) is 60.6 Å². The van der Waals surface area contributed by atoms with Gasteiger partial charge in [-0.1, -0.05) is 35.5 Å². The molecule has 1 atom stereocenters. The van der Waals surface area contributed by atoms with Gasteiger partial charge in [0.25, 0.3) is 0 Å².